The lowest BCUT2D eigenvalue weighted by Crippen LogP contribution is -2.50. The molecule has 0 aromatic heterocycles. The van der Waals surface area contributed by atoms with Crippen LogP contribution in [0.1, 0.15) is 40.5 Å². The first-order chi connectivity index (χ1) is 5.92. The predicted molar refractivity (Wildman–Crippen MR) is 53.8 cm³/mol. The molecule has 0 radical (unpaired) electrons. The number of hydrogen-bond donors (Lipinski definition) is 2. The minimum atomic E-state index is -0.755. The summed E-state index contributed by atoms with van der Waals surface area (Å²) in [4.78, 5) is 11.0. The number of hydrogen-bond acceptors (Lipinski definition) is 2. The van der Waals surface area contributed by atoms with Crippen molar-refractivity contribution < 1.29 is 9.90 Å². The highest BCUT2D eigenvalue weighted by atomic mass is 16.4. The Bertz CT molecular complexity index is 168. The molecule has 0 bridgehead atoms. The van der Waals surface area contributed by atoms with Gasteiger partial charge >= 0.3 is 5.97 Å². The molecule has 0 fully saturated rings. The van der Waals surface area contributed by atoms with Gasteiger partial charge in [-0.1, -0.05) is 27.2 Å². The second-order valence-corrected chi connectivity index (χ2v) is 4.16. The molecule has 0 aliphatic heterocycles. The number of carboxylic acid groups (broad SMARTS) is 1. The Morgan fingerprint density at radius 3 is 2.38 bits per heavy atom. The van der Waals surface area contributed by atoms with Crippen molar-refractivity contribution in [2.45, 2.75) is 46.1 Å². The fraction of sp³-hybridized carbons (Fsp3) is 0.900. The van der Waals surface area contributed by atoms with E-state index in [1.165, 1.54) is 0 Å². The van der Waals surface area contributed by atoms with Crippen molar-refractivity contribution >= 4 is 5.97 Å². The molecule has 1 atom stereocenters. The summed E-state index contributed by atoms with van der Waals surface area (Å²) in [7, 11) is 0. The van der Waals surface area contributed by atoms with Gasteiger partial charge in [0.2, 0.25) is 0 Å². The third-order valence-corrected chi connectivity index (χ3v) is 2.12. The van der Waals surface area contributed by atoms with Crippen LogP contribution in [0.5, 0.6) is 0 Å². The largest absolute Gasteiger partial charge is 0.480 e. The highest BCUT2D eigenvalue weighted by Crippen LogP contribution is 2.12. The van der Waals surface area contributed by atoms with E-state index < -0.39 is 11.5 Å². The number of rotatable bonds is 6. The van der Waals surface area contributed by atoms with E-state index in [1.807, 2.05) is 6.92 Å². The van der Waals surface area contributed by atoms with Gasteiger partial charge in [-0.25, -0.2) is 0 Å². The molecule has 1 unspecified atom stereocenters. The molecule has 0 heterocycles. The summed E-state index contributed by atoms with van der Waals surface area (Å²) in [6.07, 6.45) is 1.56. The molecular formula is C10H21NO2. The molecule has 0 saturated carbocycles. The quantitative estimate of drug-likeness (QED) is 0.667. The number of carbonyl (C=O) groups is 1. The van der Waals surface area contributed by atoms with Gasteiger partial charge in [-0.15, -0.1) is 0 Å². The summed E-state index contributed by atoms with van der Waals surface area (Å²) >= 11 is 0. The zero-order valence-corrected chi connectivity index (χ0v) is 9.05. The van der Waals surface area contributed by atoms with Gasteiger partial charge < -0.3 is 10.4 Å². The van der Waals surface area contributed by atoms with Crippen molar-refractivity contribution in [2.75, 3.05) is 6.54 Å². The van der Waals surface area contributed by atoms with Gasteiger partial charge in [-0.05, 0) is 25.8 Å². The van der Waals surface area contributed by atoms with E-state index in [9.17, 15) is 4.79 Å². The summed E-state index contributed by atoms with van der Waals surface area (Å²) < 4.78 is 0. The molecule has 0 aromatic carbocycles. The summed E-state index contributed by atoms with van der Waals surface area (Å²) in [6, 6.07) is 0. The Morgan fingerprint density at radius 1 is 1.54 bits per heavy atom. The van der Waals surface area contributed by atoms with Gasteiger partial charge in [-0.2, -0.15) is 0 Å². The highest BCUT2D eigenvalue weighted by Gasteiger charge is 2.31. The number of aliphatic carboxylic acids is 1. The number of nitrogens with one attached hydrogen (secondary N) is 1. The lowest BCUT2D eigenvalue weighted by atomic mass is 9.95. The van der Waals surface area contributed by atoms with E-state index in [0.717, 1.165) is 13.0 Å². The first-order valence-electron chi connectivity index (χ1n) is 4.90. The molecule has 13 heavy (non-hydrogen) atoms. The van der Waals surface area contributed by atoms with E-state index in [1.54, 1.807) is 6.92 Å². The molecule has 3 nitrogen and oxygen atoms in total. The predicted octanol–water partition coefficient (Wildman–Crippen LogP) is 1.88. The first kappa shape index (κ1) is 12.4. The Balaban J connectivity index is 4.16. The minimum absolute atomic E-state index is 0.482. The average molecular weight is 187 g/mol. The van der Waals surface area contributed by atoms with E-state index in [0.29, 0.717) is 12.3 Å². The standard InChI is InChI=1S/C10H21NO2/c1-5-6-10(4,9(12)13)11-7-8(2)3/h8,11H,5-7H2,1-4H3,(H,12,13). The third-order valence-electron chi connectivity index (χ3n) is 2.12. The monoisotopic (exact) mass is 187 g/mol. The first-order valence-corrected chi connectivity index (χ1v) is 4.90. The van der Waals surface area contributed by atoms with Crippen LogP contribution < -0.4 is 5.32 Å². The maximum absolute atomic E-state index is 11.0. The Morgan fingerprint density at radius 2 is 2.08 bits per heavy atom. The second kappa shape index (κ2) is 5.22. The number of carboxylic acids is 1. The summed E-state index contributed by atoms with van der Waals surface area (Å²) in [5.41, 5.74) is -0.751. The average Bonchev–Trinajstić information content (AvgIpc) is 2.01. The van der Waals surface area contributed by atoms with Gasteiger partial charge in [0.1, 0.15) is 5.54 Å². The van der Waals surface area contributed by atoms with Crippen LogP contribution >= 0.6 is 0 Å². The maximum atomic E-state index is 11.0. The van der Waals surface area contributed by atoms with Gasteiger partial charge in [0, 0.05) is 0 Å². The fourth-order valence-corrected chi connectivity index (χ4v) is 1.20. The van der Waals surface area contributed by atoms with Crippen molar-refractivity contribution in [3.05, 3.63) is 0 Å². The highest BCUT2D eigenvalue weighted by molar-refractivity contribution is 5.78. The summed E-state index contributed by atoms with van der Waals surface area (Å²) in [6.45, 7) is 8.64. The lowest BCUT2D eigenvalue weighted by Gasteiger charge is -2.26. The summed E-state index contributed by atoms with van der Waals surface area (Å²) in [5, 5.41) is 12.1. The normalized spacial score (nSPS) is 15.8. The molecular weight excluding hydrogens is 166 g/mol. The lowest BCUT2D eigenvalue weighted by molar-refractivity contribution is -0.144. The van der Waals surface area contributed by atoms with Crippen LogP contribution in [-0.4, -0.2) is 23.2 Å². The zero-order valence-electron chi connectivity index (χ0n) is 9.05. The van der Waals surface area contributed by atoms with Crippen molar-refractivity contribution in [1.29, 1.82) is 0 Å². The molecule has 0 aromatic rings. The van der Waals surface area contributed by atoms with Gasteiger partial charge in [0.15, 0.2) is 0 Å². The Labute approximate surface area is 80.5 Å². The van der Waals surface area contributed by atoms with Crippen molar-refractivity contribution in [3.8, 4) is 0 Å². The van der Waals surface area contributed by atoms with Crippen LogP contribution in [0.3, 0.4) is 0 Å². The van der Waals surface area contributed by atoms with Crippen LogP contribution in [0.25, 0.3) is 0 Å². The van der Waals surface area contributed by atoms with Crippen LogP contribution in [0, 0.1) is 5.92 Å². The molecule has 2 N–H and O–H groups in total. The molecule has 3 heteroatoms. The molecule has 78 valence electrons. The molecule has 0 saturated heterocycles. The van der Waals surface area contributed by atoms with Crippen LogP contribution in [-0.2, 0) is 4.79 Å². The maximum Gasteiger partial charge on any atom is 0.323 e. The molecule has 0 amide bonds. The minimum Gasteiger partial charge on any atom is -0.480 e. The fourth-order valence-electron chi connectivity index (χ4n) is 1.20. The van der Waals surface area contributed by atoms with Gasteiger partial charge in [-0.3, -0.25) is 4.79 Å². The van der Waals surface area contributed by atoms with Crippen molar-refractivity contribution in [1.82, 2.24) is 5.32 Å². The van der Waals surface area contributed by atoms with E-state index in [-0.39, 0.29) is 0 Å². The topological polar surface area (TPSA) is 49.3 Å². The second-order valence-electron chi connectivity index (χ2n) is 4.16. The molecule has 0 aliphatic carbocycles. The van der Waals surface area contributed by atoms with E-state index in [2.05, 4.69) is 19.2 Å². The van der Waals surface area contributed by atoms with Crippen LogP contribution in [0.2, 0.25) is 0 Å². The molecule has 0 spiro atoms. The van der Waals surface area contributed by atoms with Crippen molar-refractivity contribution in [2.24, 2.45) is 5.92 Å². The van der Waals surface area contributed by atoms with E-state index in [4.69, 9.17) is 5.11 Å². The van der Waals surface area contributed by atoms with Crippen molar-refractivity contribution in [3.63, 3.8) is 0 Å². The van der Waals surface area contributed by atoms with E-state index >= 15 is 0 Å². The summed E-state index contributed by atoms with van der Waals surface area (Å²) in [5.74, 6) is -0.273. The van der Waals surface area contributed by atoms with Crippen LogP contribution in [0.15, 0.2) is 0 Å². The third kappa shape index (κ3) is 4.27. The Kier molecular flexibility index (Phi) is 4.99. The van der Waals surface area contributed by atoms with Gasteiger partial charge in [0.25, 0.3) is 0 Å². The van der Waals surface area contributed by atoms with Gasteiger partial charge in [0.05, 0.1) is 0 Å². The SMILES string of the molecule is CCCC(C)(NCC(C)C)C(=O)O. The smallest absolute Gasteiger partial charge is 0.323 e. The molecule has 0 aliphatic rings. The molecule has 0 rings (SSSR count). The zero-order chi connectivity index (χ0) is 10.5. The Hall–Kier alpha value is -0.570. The van der Waals surface area contributed by atoms with Crippen LogP contribution in [0.4, 0.5) is 0 Å².